The van der Waals surface area contributed by atoms with E-state index in [-0.39, 0.29) is 12.5 Å². The second kappa shape index (κ2) is 7.21. The molecule has 25 heavy (non-hydrogen) atoms. The van der Waals surface area contributed by atoms with E-state index in [0.717, 1.165) is 27.8 Å². The van der Waals surface area contributed by atoms with E-state index in [1.165, 1.54) is 0 Å². The Balaban J connectivity index is 1.65. The van der Waals surface area contributed by atoms with Crippen LogP contribution in [0.4, 0.5) is 5.69 Å². The van der Waals surface area contributed by atoms with E-state index in [9.17, 15) is 4.79 Å². The third kappa shape index (κ3) is 4.26. The zero-order chi connectivity index (χ0) is 17.8. The molecule has 0 aliphatic rings. The molecule has 0 fully saturated rings. The maximum Gasteiger partial charge on any atom is 0.262 e. The summed E-state index contributed by atoms with van der Waals surface area (Å²) in [5.41, 5.74) is 3.64. The van der Waals surface area contributed by atoms with E-state index < -0.39 is 0 Å². The first-order valence-electron chi connectivity index (χ1n) is 7.98. The zero-order valence-electron chi connectivity index (χ0n) is 14.5. The van der Waals surface area contributed by atoms with Crippen molar-refractivity contribution in [1.29, 1.82) is 0 Å². The van der Waals surface area contributed by atoms with Crippen molar-refractivity contribution < 1.29 is 14.3 Å². The van der Waals surface area contributed by atoms with E-state index in [4.69, 9.17) is 9.47 Å². The summed E-state index contributed by atoms with van der Waals surface area (Å²) >= 11 is 0. The second-order valence-electron chi connectivity index (χ2n) is 5.94. The topological polar surface area (TPSA) is 60.5 Å². The number of carbonyl (C=O) groups is 1. The number of nitrogens with zero attached hydrogens (tertiary/aromatic N) is 1. The molecular weight excluding hydrogens is 316 g/mol. The highest BCUT2D eigenvalue weighted by atomic mass is 16.5. The van der Waals surface area contributed by atoms with Gasteiger partial charge in [0, 0.05) is 11.5 Å². The summed E-state index contributed by atoms with van der Waals surface area (Å²) in [7, 11) is 1.62. The molecule has 0 unspecified atom stereocenters. The van der Waals surface area contributed by atoms with Crippen LogP contribution in [0, 0.1) is 13.8 Å². The van der Waals surface area contributed by atoms with Crippen molar-refractivity contribution in [3.8, 4) is 11.5 Å². The lowest BCUT2D eigenvalue weighted by Gasteiger charge is -2.09. The summed E-state index contributed by atoms with van der Waals surface area (Å²) in [5, 5.41) is 3.73. The predicted molar refractivity (Wildman–Crippen MR) is 98.3 cm³/mol. The number of ether oxygens (including phenoxy) is 2. The normalized spacial score (nSPS) is 10.5. The van der Waals surface area contributed by atoms with Gasteiger partial charge in [0.2, 0.25) is 0 Å². The van der Waals surface area contributed by atoms with Crippen molar-refractivity contribution in [2.24, 2.45) is 0 Å². The molecule has 1 amide bonds. The molecule has 0 aliphatic carbocycles. The standard InChI is InChI=1S/C20H20N2O3/c1-13-6-14(2)8-18(7-13)25-12-20(23)22-16-9-15-4-5-17(24-3)10-19(15)21-11-16/h4-11H,12H2,1-3H3,(H,22,23). The molecule has 0 bridgehead atoms. The maximum atomic E-state index is 12.1. The van der Waals surface area contributed by atoms with Gasteiger partial charge in [0.15, 0.2) is 6.61 Å². The smallest absolute Gasteiger partial charge is 0.262 e. The molecule has 1 aromatic heterocycles. The van der Waals surface area contributed by atoms with Crippen LogP contribution in [0.1, 0.15) is 11.1 Å². The van der Waals surface area contributed by atoms with Crippen LogP contribution in [0.2, 0.25) is 0 Å². The van der Waals surface area contributed by atoms with Gasteiger partial charge in [-0.05, 0) is 55.3 Å². The lowest BCUT2D eigenvalue weighted by Crippen LogP contribution is -2.20. The van der Waals surface area contributed by atoms with Crippen LogP contribution in [0.3, 0.4) is 0 Å². The van der Waals surface area contributed by atoms with Crippen LogP contribution in [-0.4, -0.2) is 24.6 Å². The largest absolute Gasteiger partial charge is 0.497 e. The number of amides is 1. The Morgan fingerprint density at radius 1 is 1.04 bits per heavy atom. The minimum atomic E-state index is -0.228. The Bertz CT molecular complexity index is 902. The van der Waals surface area contributed by atoms with Crippen LogP contribution >= 0.6 is 0 Å². The third-order valence-corrected chi connectivity index (χ3v) is 3.74. The average molecular weight is 336 g/mol. The molecule has 0 atom stereocenters. The predicted octanol–water partition coefficient (Wildman–Crippen LogP) is 3.88. The number of nitrogens with one attached hydrogen (secondary N) is 1. The van der Waals surface area contributed by atoms with Crippen LogP contribution in [0.5, 0.6) is 11.5 Å². The van der Waals surface area contributed by atoms with Crippen LogP contribution in [0.15, 0.2) is 48.7 Å². The van der Waals surface area contributed by atoms with Crippen LogP contribution in [0.25, 0.3) is 10.9 Å². The number of aromatic nitrogens is 1. The molecule has 0 radical (unpaired) electrons. The van der Waals surface area contributed by atoms with E-state index in [2.05, 4.69) is 16.4 Å². The zero-order valence-corrected chi connectivity index (χ0v) is 14.5. The fourth-order valence-electron chi connectivity index (χ4n) is 2.66. The third-order valence-electron chi connectivity index (χ3n) is 3.74. The highest BCUT2D eigenvalue weighted by Crippen LogP contribution is 2.21. The number of carbonyl (C=O) groups excluding carboxylic acids is 1. The Labute approximate surface area is 146 Å². The van der Waals surface area contributed by atoms with Gasteiger partial charge in [-0.25, -0.2) is 0 Å². The van der Waals surface area contributed by atoms with Crippen molar-refractivity contribution in [2.75, 3.05) is 19.0 Å². The number of anilines is 1. The van der Waals surface area contributed by atoms with Gasteiger partial charge in [-0.2, -0.15) is 0 Å². The number of aryl methyl sites for hydroxylation is 2. The van der Waals surface area contributed by atoms with E-state index >= 15 is 0 Å². The SMILES string of the molecule is COc1ccc2cc(NC(=O)COc3cc(C)cc(C)c3)cnc2c1. The van der Waals surface area contributed by atoms with Gasteiger partial charge >= 0.3 is 0 Å². The molecule has 5 nitrogen and oxygen atoms in total. The van der Waals surface area contributed by atoms with Crippen molar-refractivity contribution in [1.82, 2.24) is 4.98 Å². The molecular formula is C20H20N2O3. The van der Waals surface area contributed by atoms with Gasteiger partial charge in [0.1, 0.15) is 11.5 Å². The molecule has 3 rings (SSSR count). The van der Waals surface area contributed by atoms with Gasteiger partial charge in [0.25, 0.3) is 5.91 Å². The Morgan fingerprint density at radius 2 is 1.80 bits per heavy atom. The molecule has 2 aromatic carbocycles. The maximum absolute atomic E-state index is 12.1. The van der Waals surface area contributed by atoms with E-state index in [1.54, 1.807) is 13.3 Å². The van der Waals surface area contributed by atoms with Gasteiger partial charge < -0.3 is 14.8 Å². The Kier molecular flexibility index (Phi) is 4.84. The van der Waals surface area contributed by atoms with Gasteiger partial charge in [-0.1, -0.05) is 6.07 Å². The van der Waals surface area contributed by atoms with Crippen molar-refractivity contribution in [2.45, 2.75) is 13.8 Å². The average Bonchev–Trinajstić information content (AvgIpc) is 2.58. The Morgan fingerprint density at radius 3 is 2.52 bits per heavy atom. The molecule has 0 saturated heterocycles. The number of hydrogen-bond donors (Lipinski definition) is 1. The Hall–Kier alpha value is -3.08. The summed E-state index contributed by atoms with van der Waals surface area (Å²) in [4.78, 5) is 16.5. The van der Waals surface area contributed by atoms with Crippen LogP contribution < -0.4 is 14.8 Å². The number of hydrogen-bond acceptors (Lipinski definition) is 4. The van der Waals surface area contributed by atoms with Gasteiger partial charge in [-0.15, -0.1) is 0 Å². The number of pyridine rings is 1. The van der Waals surface area contributed by atoms with E-state index in [1.807, 2.05) is 50.2 Å². The van der Waals surface area contributed by atoms with Gasteiger partial charge in [0.05, 0.1) is 24.5 Å². The van der Waals surface area contributed by atoms with Crippen LogP contribution in [-0.2, 0) is 4.79 Å². The van der Waals surface area contributed by atoms with Crippen molar-refractivity contribution in [3.05, 3.63) is 59.8 Å². The molecule has 3 aromatic rings. The molecule has 1 N–H and O–H groups in total. The highest BCUT2D eigenvalue weighted by molar-refractivity contribution is 5.94. The molecule has 1 heterocycles. The second-order valence-corrected chi connectivity index (χ2v) is 5.94. The first-order chi connectivity index (χ1) is 12.0. The molecule has 128 valence electrons. The van der Waals surface area contributed by atoms with Crippen molar-refractivity contribution in [3.63, 3.8) is 0 Å². The number of methoxy groups -OCH3 is 1. The summed E-state index contributed by atoms with van der Waals surface area (Å²) in [6, 6.07) is 13.4. The lowest BCUT2D eigenvalue weighted by atomic mass is 10.1. The monoisotopic (exact) mass is 336 g/mol. The highest BCUT2D eigenvalue weighted by Gasteiger charge is 2.06. The fraction of sp³-hybridized carbons (Fsp3) is 0.200. The molecule has 0 spiro atoms. The molecule has 0 aliphatic heterocycles. The number of fused-ring (bicyclic) bond motifs is 1. The molecule has 0 saturated carbocycles. The number of rotatable bonds is 5. The fourth-order valence-corrected chi connectivity index (χ4v) is 2.66. The lowest BCUT2D eigenvalue weighted by molar-refractivity contribution is -0.118. The minimum absolute atomic E-state index is 0.0520. The summed E-state index contributed by atoms with van der Waals surface area (Å²) in [6.07, 6.45) is 1.62. The molecule has 5 heteroatoms. The van der Waals surface area contributed by atoms with Crippen molar-refractivity contribution >= 4 is 22.5 Å². The summed E-state index contributed by atoms with van der Waals surface area (Å²) in [6.45, 7) is 3.94. The minimum Gasteiger partial charge on any atom is -0.497 e. The number of benzene rings is 2. The van der Waals surface area contributed by atoms with E-state index in [0.29, 0.717) is 11.4 Å². The first kappa shape index (κ1) is 16.8. The summed E-state index contributed by atoms with van der Waals surface area (Å²) < 4.78 is 10.8. The summed E-state index contributed by atoms with van der Waals surface area (Å²) in [5.74, 6) is 1.21. The van der Waals surface area contributed by atoms with Gasteiger partial charge in [-0.3, -0.25) is 9.78 Å². The first-order valence-corrected chi connectivity index (χ1v) is 7.98. The quantitative estimate of drug-likeness (QED) is 0.768.